The van der Waals surface area contributed by atoms with Crippen LogP contribution in [0.2, 0.25) is 0 Å². The van der Waals surface area contributed by atoms with Crippen LogP contribution in [0, 0.1) is 19.8 Å². The molecule has 0 aliphatic carbocycles. The number of nitrogens with zero attached hydrogens (tertiary/aromatic N) is 3. The van der Waals surface area contributed by atoms with Gasteiger partial charge in [0.25, 0.3) is 0 Å². The van der Waals surface area contributed by atoms with Crippen LogP contribution in [-0.4, -0.2) is 52.9 Å². The number of rotatable bonds is 5. The Kier molecular flexibility index (Phi) is 9.88. The van der Waals surface area contributed by atoms with Crippen LogP contribution in [0.4, 0.5) is 0 Å². The molecule has 1 aromatic heterocycles. The van der Waals surface area contributed by atoms with Crippen molar-refractivity contribution >= 4 is 30.7 Å². The van der Waals surface area contributed by atoms with Crippen LogP contribution in [0.1, 0.15) is 37.6 Å². The summed E-state index contributed by atoms with van der Waals surface area (Å²) in [4.78, 5) is 20.9. The van der Waals surface area contributed by atoms with Crippen LogP contribution in [0.25, 0.3) is 0 Å². The first-order chi connectivity index (χ1) is 10.4. The van der Waals surface area contributed by atoms with Crippen molar-refractivity contribution in [3.8, 4) is 0 Å². The van der Waals surface area contributed by atoms with Crippen molar-refractivity contribution in [1.29, 1.82) is 0 Å². The predicted octanol–water partition coefficient (Wildman–Crippen LogP) is 2.15. The zero-order valence-electron chi connectivity index (χ0n) is 14.9. The molecule has 2 N–H and O–H groups in total. The van der Waals surface area contributed by atoms with E-state index in [9.17, 15) is 4.79 Å². The van der Waals surface area contributed by atoms with E-state index in [1.54, 1.807) is 0 Å². The fourth-order valence-corrected chi connectivity index (χ4v) is 2.77. The second-order valence-corrected chi connectivity index (χ2v) is 6.59. The number of carbonyl (C=O) groups excluding carboxylic acids is 1. The van der Waals surface area contributed by atoms with Gasteiger partial charge in [0.1, 0.15) is 5.76 Å². The summed E-state index contributed by atoms with van der Waals surface area (Å²) in [5, 5.41) is 0. The summed E-state index contributed by atoms with van der Waals surface area (Å²) >= 11 is 0. The third kappa shape index (κ3) is 6.24. The Balaban J connectivity index is 0.00000264. The topological polar surface area (TPSA) is 75.6 Å². The maximum Gasteiger partial charge on any atom is 0.239 e. The van der Waals surface area contributed by atoms with E-state index in [0.717, 1.165) is 49.9 Å². The van der Waals surface area contributed by atoms with E-state index in [-0.39, 0.29) is 36.8 Å². The largest absolute Gasteiger partial charge is 0.444 e. The maximum absolute atomic E-state index is 12.3. The number of nitrogens with two attached hydrogens (primary N) is 1. The van der Waals surface area contributed by atoms with Crippen LogP contribution in [0.5, 0.6) is 0 Å². The van der Waals surface area contributed by atoms with Gasteiger partial charge in [-0.3, -0.25) is 9.69 Å². The summed E-state index contributed by atoms with van der Waals surface area (Å²) in [7, 11) is 0. The molecule has 1 aliphatic rings. The summed E-state index contributed by atoms with van der Waals surface area (Å²) in [5.74, 6) is 2.16. The molecule has 1 aliphatic heterocycles. The molecule has 1 aromatic rings. The SMILES string of the molecule is Cc1nc(CN2CCN(C(=O)[C@@H](N)CC(C)C)CC2)oc1C.Cl.Cl. The Morgan fingerprint density at radius 2 is 1.79 bits per heavy atom. The first kappa shape index (κ1) is 23.2. The van der Waals surface area contributed by atoms with E-state index in [2.05, 4.69) is 23.7 Å². The minimum Gasteiger partial charge on any atom is -0.444 e. The smallest absolute Gasteiger partial charge is 0.239 e. The highest BCUT2D eigenvalue weighted by atomic mass is 35.5. The van der Waals surface area contributed by atoms with Crippen LogP contribution in [0.15, 0.2) is 4.42 Å². The van der Waals surface area contributed by atoms with Gasteiger partial charge in [0.2, 0.25) is 11.8 Å². The number of aryl methyl sites for hydroxylation is 2. The van der Waals surface area contributed by atoms with Gasteiger partial charge >= 0.3 is 0 Å². The minimum absolute atomic E-state index is 0. The van der Waals surface area contributed by atoms with Gasteiger partial charge < -0.3 is 15.1 Å². The normalized spacial score (nSPS) is 16.5. The monoisotopic (exact) mass is 380 g/mol. The van der Waals surface area contributed by atoms with Crippen LogP contribution in [0.3, 0.4) is 0 Å². The van der Waals surface area contributed by atoms with E-state index in [1.807, 2.05) is 18.7 Å². The molecule has 0 bridgehead atoms. The predicted molar refractivity (Wildman–Crippen MR) is 99.8 cm³/mol. The van der Waals surface area contributed by atoms with Gasteiger partial charge in [-0.25, -0.2) is 4.98 Å². The Labute approximate surface area is 157 Å². The molecule has 140 valence electrons. The number of oxazole rings is 1. The molecule has 2 heterocycles. The zero-order valence-corrected chi connectivity index (χ0v) is 16.6. The number of aromatic nitrogens is 1. The second-order valence-electron chi connectivity index (χ2n) is 6.59. The molecule has 1 atom stereocenters. The number of hydrogen-bond acceptors (Lipinski definition) is 5. The molecule has 0 aromatic carbocycles. The lowest BCUT2D eigenvalue weighted by atomic mass is 10.0. The average Bonchev–Trinajstić information content (AvgIpc) is 2.76. The average molecular weight is 381 g/mol. The van der Waals surface area contributed by atoms with Crippen LogP contribution in [-0.2, 0) is 11.3 Å². The molecule has 6 nitrogen and oxygen atoms in total. The molecule has 0 radical (unpaired) electrons. The quantitative estimate of drug-likeness (QED) is 0.846. The molecule has 1 amide bonds. The highest BCUT2D eigenvalue weighted by Crippen LogP contribution is 2.13. The maximum atomic E-state index is 12.3. The Bertz CT molecular complexity index is 495. The van der Waals surface area contributed by atoms with Gasteiger partial charge in [-0.05, 0) is 26.2 Å². The van der Waals surface area contributed by atoms with Crippen molar-refractivity contribution < 1.29 is 9.21 Å². The number of hydrogen-bond donors (Lipinski definition) is 1. The molecular formula is C16H30Cl2N4O2. The molecule has 1 saturated heterocycles. The fraction of sp³-hybridized carbons (Fsp3) is 0.750. The summed E-state index contributed by atoms with van der Waals surface area (Å²) in [6, 6.07) is -0.372. The standard InChI is InChI=1S/C16H28N4O2.2ClH/c1-11(2)9-14(17)16(21)20-7-5-19(6-8-20)10-15-18-12(3)13(4)22-15;;/h11,14H,5-10,17H2,1-4H3;2*1H/t14-;;/m0../s1. The summed E-state index contributed by atoms with van der Waals surface area (Å²) in [6.07, 6.45) is 0.744. The summed E-state index contributed by atoms with van der Waals surface area (Å²) in [5.41, 5.74) is 6.94. The summed E-state index contributed by atoms with van der Waals surface area (Å²) in [6.45, 7) is 11.9. The third-order valence-electron chi connectivity index (χ3n) is 4.16. The van der Waals surface area contributed by atoms with E-state index < -0.39 is 0 Å². The van der Waals surface area contributed by atoms with Crippen molar-refractivity contribution in [2.45, 2.75) is 46.7 Å². The van der Waals surface area contributed by atoms with Crippen LogP contribution < -0.4 is 5.73 Å². The van der Waals surface area contributed by atoms with E-state index in [1.165, 1.54) is 0 Å². The van der Waals surface area contributed by atoms with Crippen molar-refractivity contribution in [3.63, 3.8) is 0 Å². The fourth-order valence-electron chi connectivity index (χ4n) is 2.77. The number of piperazine rings is 1. The van der Waals surface area contributed by atoms with E-state index in [0.29, 0.717) is 12.5 Å². The molecule has 1 fully saturated rings. The Morgan fingerprint density at radius 3 is 2.25 bits per heavy atom. The Hall–Kier alpha value is -0.820. The van der Waals surface area contributed by atoms with Crippen molar-refractivity contribution in [3.05, 3.63) is 17.3 Å². The third-order valence-corrected chi connectivity index (χ3v) is 4.16. The van der Waals surface area contributed by atoms with Gasteiger partial charge in [-0.15, -0.1) is 24.8 Å². The first-order valence-corrected chi connectivity index (χ1v) is 8.06. The molecule has 0 unspecified atom stereocenters. The van der Waals surface area contributed by atoms with Crippen molar-refractivity contribution in [2.24, 2.45) is 11.7 Å². The molecule has 24 heavy (non-hydrogen) atoms. The highest BCUT2D eigenvalue weighted by molar-refractivity contribution is 5.85. The summed E-state index contributed by atoms with van der Waals surface area (Å²) < 4.78 is 5.62. The zero-order chi connectivity index (χ0) is 16.3. The lowest BCUT2D eigenvalue weighted by Crippen LogP contribution is -2.53. The van der Waals surface area contributed by atoms with Gasteiger partial charge in [0.15, 0.2) is 0 Å². The van der Waals surface area contributed by atoms with Gasteiger partial charge in [-0.2, -0.15) is 0 Å². The highest BCUT2D eigenvalue weighted by Gasteiger charge is 2.26. The van der Waals surface area contributed by atoms with Crippen molar-refractivity contribution in [1.82, 2.24) is 14.8 Å². The number of amides is 1. The lowest BCUT2D eigenvalue weighted by Gasteiger charge is -2.35. The van der Waals surface area contributed by atoms with E-state index in [4.69, 9.17) is 10.2 Å². The molecule has 0 spiro atoms. The molecular weight excluding hydrogens is 351 g/mol. The first-order valence-electron chi connectivity index (χ1n) is 8.06. The molecule has 0 saturated carbocycles. The van der Waals surface area contributed by atoms with Gasteiger partial charge in [0.05, 0.1) is 18.3 Å². The molecule has 2 rings (SSSR count). The number of halogens is 2. The Morgan fingerprint density at radius 1 is 1.21 bits per heavy atom. The lowest BCUT2D eigenvalue weighted by molar-refractivity contribution is -0.134. The minimum atomic E-state index is -0.372. The van der Waals surface area contributed by atoms with Gasteiger partial charge in [0, 0.05) is 26.2 Å². The second kappa shape index (κ2) is 10.2. The van der Waals surface area contributed by atoms with E-state index >= 15 is 0 Å². The van der Waals surface area contributed by atoms with Crippen LogP contribution >= 0.6 is 24.8 Å². The number of carbonyl (C=O) groups is 1. The van der Waals surface area contributed by atoms with Crippen molar-refractivity contribution in [2.75, 3.05) is 26.2 Å². The molecule has 8 heteroatoms. The van der Waals surface area contributed by atoms with Gasteiger partial charge in [-0.1, -0.05) is 13.8 Å².